The Morgan fingerprint density at radius 1 is 0.889 bits per heavy atom. The quantitative estimate of drug-likeness (QED) is 0.624. The van der Waals surface area contributed by atoms with Crippen LogP contribution >= 0.6 is 0 Å². The Balaban J connectivity index is 1.82. The summed E-state index contributed by atoms with van der Waals surface area (Å²) in [7, 11) is 3.25. The fourth-order valence-electron chi connectivity index (χ4n) is 2.68. The van der Waals surface area contributed by atoms with Crippen LogP contribution in [0.25, 0.3) is 0 Å². The molecule has 27 heavy (non-hydrogen) atoms. The summed E-state index contributed by atoms with van der Waals surface area (Å²) in [5.41, 5.74) is 3.90. The summed E-state index contributed by atoms with van der Waals surface area (Å²) in [4.78, 5) is 9.03. The molecule has 0 radical (unpaired) electrons. The molecule has 0 atom stereocenters. The van der Waals surface area contributed by atoms with Gasteiger partial charge in [0.05, 0.1) is 19.9 Å². The normalized spacial score (nSPS) is 10.4. The van der Waals surface area contributed by atoms with Crippen LogP contribution in [0, 0.1) is 6.92 Å². The van der Waals surface area contributed by atoms with Crippen molar-refractivity contribution < 1.29 is 9.47 Å². The Hall–Kier alpha value is -3.28. The Kier molecular flexibility index (Phi) is 5.76. The third-order valence-corrected chi connectivity index (χ3v) is 4.14. The molecule has 1 aromatic heterocycles. The maximum Gasteiger partial charge on any atom is 0.229 e. The number of aryl methyl sites for hydroxylation is 2. The van der Waals surface area contributed by atoms with Gasteiger partial charge in [-0.05, 0) is 43.2 Å². The van der Waals surface area contributed by atoms with Gasteiger partial charge in [0.2, 0.25) is 5.95 Å². The SMILES string of the molecule is CCc1ccc(Nc2nc(C)cc(Nc3ccc(OC)cc3OC)n2)cc1. The van der Waals surface area contributed by atoms with E-state index in [1.807, 2.05) is 43.3 Å². The van der Waals surface area contributed by atoms with Crippen LogP contribution in [0.2, 0.25) is 0 Å². The average molecular weight is 364 g/mol. The van der Waals surface area contributed by atoms with Gasteiger partial charge in [-0.25, -0.2) is 4.98 Å². The van der Waals surface area contributed by atoms with Crippen molar-refractivity contribution in [3.63, 3.8) is 0 Å². The smallest absolute Gasteiger partial charge is 0.229 e. The lowest BCUT2D eigenvalue weighted by atomic mass is 10.1. The second-order valence-electron chi connectivity index (χ2n) is 6.08. The maximum atomic E-state index is 5.44. The predicted molar refractivity (Wildman–Crippen MR) is 109 cm³/mol. The lowest BCUT2D eigenvalue weighted by molar-refractivity contribution is 0.395. The topological polar surface area (TPSA) is 68.3 Å². The summed E-state index contributed by atoms with van der Waals surface area (Å²) in [6.07, 6.45) is 1.01. The van der Waals surface area contributed by atoms with Crippen molar-refractivity contribution in [2.24, 2.45) is 0 Å². The highest BCUT2D eigenvalue weighted by atomic mass is 16.5. The second-order valence-corrected chi connectivity index (χ2v) is 6.08. The lowest BCUT2D eigenvalue weighted by Crippen LogP contribution is -2.03. The molecule has 0 spiro atoms. The minimum absolute atomic E-state index is 0.536. The van der Waals surface area contributed by atoms with Gasteiger partial charge in [-0.3, -0.25) is 0 Å². The van der Waals surface area contributed by atoms with E-state index in [-0.39, 0.29) is 0 Å². The average Bonchev–Trinajstić information content (AvgIpc) is 2.68. The summed E-state index contributed by atoms with van der Waals surface area (Å²) < 4.78 is 10.7. The van der Waals surface area contributed by atoms with Crippen molar-refractivity contribution in [3.8, 4) is 11.5 Å². The Bertz CT molecular complexity index is 911. The molecule has 140 valence electrons. The molecule has 3 rings (SSSR count). The molecule has 2 aromatic carbocycles. The van der Waals surface area contributed by atoms with Gasteiger partial charge in [-0.1, -0.05) is 19.1 Å². The number of aromatic nitrogens is 2. The summed E-state index contributed by atoms with van der Waals surface area (Å²) in [6, 6.07) is 15.7. The van der Waals surface area contributed by atoms with Gasteiger partial charge in [-0.2, -0.15) is 4.98 Å². The number of ether oxygens (including phenoxy) is 2. The molecule has 3 aromatic rings. The maximum absolute atomic E-state index is 5.44. The third-order valence-electron chi connectivity index (χ3n) is 4.14. The van der Waals surface area contributed by atoms with E-state index in [2.05, 4.69) is 39.7 Å². The van der Waals surface area contributed by atoms with Crippen molar-refractivity contribution in [3.05, 3.63) is 59.8 Å². The first-order chi connectivity index (χ1) is 13.1. The zero-order valence-corrected chi connectivity index (χ0v) is 16.0. The molecule has 0 saturated carbocycles. The van der Waals surface area contributed by atoms with E-state index in [9.17, 15) is 0 Å². The molecule has 1 heterocycles. The van der Waals surface area contributed by atoms with Crippen molar-refractivity contribution in [1.29, 1.82) is 0 Å². The van der Waals surface area contributed by atoms with Crippen LogP contribution in [0.5, 0.6) is 11.5 Å². The molecule has 0 unspecified atom stereocenters. The third kappa shape index (κ3) is 4.67. The van der Waals surface area contributed by atoms with Crippen LogP contribution in [0.1, 0.15) is 18.2 Å². The van der Waals surface area contributed by atoms with Gasteiger partial charge in [0, 0.05) is 23.5 Å². The van der Waals surface area contributed by atoms with Crippen LogP contribution in [0.15, 0.2) is 48.5 Å². The Morgan fingerprint density at radius 3 is 2.33 bits per heavy atom. The van der Waals surface area contributed by atoms with Crippen molar-refractivity contribution in [2.75, 3.05) is 24.9 Å². The molecule has 0 aliphatic heterocycles. The fourth-order valence-corrected chi connectivity index (χ4v) is 2.68. The van der Waals surface area contributed by atoms with E-state index in [0.717, 1.165) is 29.2 Å². The van der Waals surface area contributed by atoms with Gasteiger partial charge in [0.1, 0.15) is 17.3 Å². The molecule has 2 N–H and O–H groups in total. The number of anilines is 4. The molecule has 6 nitrogen and oxygen atoms in total. The second kappa shape index (κ2) is 8.40. The Labute approximate surface area is 159 Å². The predicted octanol–water partition coefficient (Wildman–Crippen LogP) is 4.85. The summed E-state index contributed by atoms with van der Waals surface area (Å²) in [6.45, 7) is 4.07. The van der Waals surface area contributed by atoms with E-state index < -0.39 is 0 Å². The standard InChI is InChI=1S/C21H24N4O2/c1-5-15-6-8-16(9-7-15)23-21-22-14(2)12-20(25-21)24-18-11-10-17(26-3)13-19(18)27-4/h6-13H,5H2,1-4H3,(H2,22,23,24,25). The van der Waals surface area contributed by atoms with E-state index in [4.69, 9.17) is 9.47 Å². The number of nitrogens with zero attached hydrogens (tertiary/aromatic N) is 2. The number of hydrogen-bond acceptors (Lipinski definition) is 6. The monoisotopic (exact) mass is 364 g/mol. The van der Waals surface area contributed by atoms with Crippen molar-refractivity contribution in [1.82, 2.24) is 9.97 Å². The van der Waals surface area contributed by atoms with Crippen LogP contribution in [-0.4, -0.2) is 24.2 Å². The van der Waals surface area contributed by atoms with E-state index in [1.165, 1.54) is 5.56 Å². The van der Waals surface area contributed by atoms with Crippen molar-refractivity contribution in [2.45, 2.75) is 20.3 Å². The molecule has 0 amide bonds. The van der Waals surface area contributed by atoms with Crippen LogP contribution in [0.3, 0.4) is 0 Å². The number of methoxy groups -OCH3 is 2. The molecule has 0 bridgehead atoms. The number of rotatable bonds is 7. The fraction of sp³-hybridized carbons (Fsp3) is 0.238. The van der Waals surface area contributed by atoms with Gasteiger partial charge in [0.15, 0.2) is 0 Å². The first-order valence-electron chi connectivity index (χ1n) is 8.82. The lowest BCUT2D eigenvalue weighted by Gasteiger charge is -2.13. The number of benzene rings is 2. The van der Waals surface area contributed by atoms with Crippen molar-refractivity contribution >= 4 is 23.1 Å². The summed E-state index contributed by atoms with van der Waals surface area (Å²) >= 11 is 0. The molecule has 6 heteroatoms. The van der Waals surface area contributed by atoms with Crippen LogP contribution < -0.4 is 20.1 Å². The molecular weight excluding hydrogens is 340 g/mol. The summed E-state index contributed by atoms with van der Waals surface area (Å²) in [5, 5.41) is 6.54. The Morgan fingerprint density at radius 2 is 1.67 bits per heavy atom. The van der Waals surface area contributed by atoms with Gasteiger partial charge in [-0.15, -0.1) is 0 Å². The van der Waals surface area contributed by atoms with Gasteiger partial charge >= 0.3 is 0 Å². The van der Waals surface area contributed by atoms with E-state index >= 15 is 0 Å². The van der Waals surface area contributed by atoms with Gasteiger partial charge < -0.3 is 20.1 Å². The first kappa shape index (κ1) is 18.5. The number of nitrogens with one attached hydrogen (secondary N) is 2. The number of hydrogen-bond donors (Lipinski definition) is 2. The summed E-state index contributed by atoms with van der Waals surface area (Å²) in [5.74, 6) is 2.62. The minimum atomic E-state index is 0.536. The molecular formula is C21H24N4O2. The molecule has 0 aliphatic carbocycles. The molecule has 0 saturated heterocycles. The minimum Gasteiger partial charge on any atom is -0.497 e. The van der Waals surface area contributed by atoms with E-state index in [0.29, 0.717) is 17.5 Å². The largest absolute Gasteiger partial charge is 0.497 e. The molecule has 0 aliphatic rings. The highest BCUT2D eigenvalue weighted by Gasteiger charge is 2.08. The highest BCUT2D eigenvalue weighted by Crippen LogP contribution is 2.31. The van der Waals surface area contributed by atoms with E-state index in [1.54, 1.807) is 14.2 Å². The zero-order chi connectivity index (χ0) is 19.2. The van der Waals surface area contributed by atoms with Gasteiger partial charge in [0.25, 0.3) is 0 Å². The van der Waals surface area contributed by atoms with Crippen LogP contribution in [0.4, 0.5) is 23.1 Å². The van der Waals surface area contributed by atoms with Crippen LogP contribution in [-0.2, 0) is 6.42 Å². The zero-order valence-electron chi connectivity index (χ0n) is 16.0. The molecule has 0 fully saturated rings. The first-order valence-corrected chi connectivity index (χ1v) is 8.82. The highest BCUT2D eigenvalue weighted by molar-refractivity contribution is 5.67.